The Morgan fingerprint density at radius 1 is 1.11 bits per heavy atom. The number of hydrogen-bond donors (Lipinski definition) is 0. The fourth-order valence-electron chi connectivity index (χ4n) is 6.00. The molecule has 6 atom stereocenters. The monoisotopic (exact) mass is 551 g/mol. The topological polar surface area (TPSA) is 111 Å². The van der Waals surface area contributed by atoms with E-state index in [4.69, 9.17) is 9.47 Å². The van der Waals surface area contributed by atoms with Crippen molar-refractivity contribution in [1.29, 1.82) is 0 Å². The number of carbonyl (C=O) groups excluding carboxylic acids is 2. The SMILES string of the molecule is COc1cc(/C=N\N2C(=O)[C@@H]3[C@@H]4C=C[C@H]([C@@H]5C[C@H]45)[C@H]3C2=O)cc(Br)c1OCc1ccc([N+](=O)[O-])cc1. The first-order valence-electron chi connectivity index (χ1n) is 11.7. The molecule has 0 unspecified atom stereocenters. The number of allylic oxidation sites excluding steroid dienone is 2. The molecule has 0 radical (unpaired) electrons. The van der Waals surface area contributed by atoms with Gasteiger partial charge in [-0.05, 0) is 81.4 Å². The first-order chi connectivity index (χ1) is 17.4. The zero-order valence-corrected chi connectivity index (χ0v) is 20.8. The van der Waals surface area contributed by atoms with E-state index in [0.717, 1.165) is 17.0 Å². The molecule has 0 spiro atoms. The maximum Gasteiger partial charge on any atom is 0.269 e. The van der Waals surface area contributed by atoms with Crippen LogP contribution in [0.25, 0.3) is 0 Å². The Balaban J connectivity index is 1.18. The molecule has 184 valence electrons. The average Bonchev–Trinajstić information content (AvgIpc) is 3.66. The number of nitrogens with zero attached hydrogens (tertiary/aromatic N) is 3. The van der Waals surface area contributed by atoms with E-state index in [-0.39, 0.29) is 47.8 Å². The van der Waals surface area contributed by atoms with Crippen LogP contribution in [0, 0.1) is 45.6 Å². The van der Waals surface area contributed by atoms with Gasteiger partial charge in [-0.1, -0.05) is 12.2 Å². The Morgan fingerprint density at radius 2 is 1.75 bits per heavy atom. The molecule has 2 amide bonds. The van der Waals surface area contributed by atoms with E-state index in [1.54, 1.807) is 24.3 Å². The number of methoxy groups -OCH3 is 1. The third-order valence-corrected chi connectivity index (χ3v) is 8.33. The number of rotatable bonds is 7. The van der Waals surface area contributed by atoms with E-state index in [2.05, 4.69) is 33.2 Å². The summed E-state index contributed by atoms with van der Waals surface area (Å²) in [5, 5.41) is 16.2. The second kappa shape index (κ2) is 8.55. The number of amides is 2. The van der Waals surface area contributed by atoms with Crippen LogP contribution in [0.3, 0.4) is 0 Å². The van der Waals surface area contributed by atoms with Gasteiger partial charge < -0.3 is 9.47 Å². The lowest BCUT2D eigenvalue weighted by Gasteiger charge is -2.37. The molecule has 7 rings (SSSR count). The van der Waals surface area contributed by atoms with Crippen molar-refractivity contribution in [2.24, 2.45) is 40.6 Å². The smallest absolute Gasteiger partial charge is 0.269 e. The van der Waals surface area contributed by atoms with Crippen molar-refractivity contribution in [3.63, 3.8) is 0 Å². The third-order valence-electron chi connectivity index (χ3n) is 7.74. The molecule has 0 aromatic heterocycles. The van der Waals surface area contributed by atoms with Gasteiger partial charge in [-0.3, -0.25) is 19.7 Å². The highest BCUT2D eigenvalue weighted by Crippen LogP contribution is 2.65. The summed E-state index contributed by atoms with van der Waals surface area (Å²) in [6, 6.07) is 9.57. The predicted octanol–water partition coefficient (Wildman–Crippen LogP) is 4.33. The van der Waals surface area contributed by atoms with Gasteiger partial charge in [0.2, 0.25) is 0 Å². The average molecular weight is 552 g/mol. The van der Waals surface area contributed by atoms with Crippen molar-refractivity contribution in [1.82, 2.24) is 5.01 Å². The molecule has 36 heavy (non-hydrogen) atoms. The van der Waals surface area contributed by atoms with Crippen molar-refractivity contribution in [2.45, 2.75) is 13.0 Å². The van der Waals surface area contributed by atoms with Gasteiger partial charge in [0.25, 0.3) is 17.5 Å². The molecular formula is C26H22BrN3O6. The van der Waals surface area contributed by atoms with Crippen LogP contribution in [0.4, 0.5) is 5.69 Å². The summed E-state index contributed by atoms with van der Waals surface area (Å²) in [5.74, 6) is 1.29. The van der Waals surface area contributed by atoms with E-state index in [0.29, 0.717) is 33.4 Å². The maximum atomic E-state index is 13.1. The Kier molecular flexibility index (Phi) is 5.44. The lowest BCUT2D eigenvalue weighted by Crippen LogP contribution is -2.40. The first-order valence-corrected chi connectivity index (χ1v) is 12.5. The number of ether oxygens (including phenoxy) is 2. The number of halogens is 1. The Morgan fingerprint density at radius 3 is 2.33 bits per heavy atom. The Bertz CT molecular complexity index is 1300. The summed E-state index contributed by atoms with van der Waals surface area (Å²) in [7, 11) is 1.51. The molecule has 2 saturated carbocycles. The number of benzene rings is 2. The summed E-state index contributed by atoms with van der Waals surface area (Å²) in [6.07, 6.45) is 6.87. The lowest BCUT2D eigenvalue weighted by molar-refractivity contribution is -0.384. The molecule has 2 aromatic carbocycles. The van der Waals surface area contributed by atoms with Gasteiger partial charge in [-0.15, -0.1) is 0 Å². The summed E-state index contributed by atoms with van der Waals surface area (Å²) < 4.78 is 12.0. The summed E-state index contributed by atoms with van der Waals surface area (Å²) in [5.41, 5.74) is 1.39. The van der Waals surface area contributed by atoms with E-state index < -0.39 is 4.92 Å². The van der Waals surface area contributed by atoms with Crippen LogP contribution >= 0.6 is 15.9 Å². The summed E-state index contributed by atoms with van der Waals surface area (Å²) >= 11 is 3.49. The molecule has 10 heteroatoms. The molecule has 3 fully saturated rings. The van der Waals surface area contributed by atoms with E-state index in [9.17, 15) is 19.7 Å². The number of nitro benzene ring substituents is 1. The van der Waals surface area contributed by atoms with Crippen LogP contribution in [0.2, 0.25) is 0 Å². The van der Waals surface area contributed by atoms with Crippen LogP contribution in [0.1, 0.15) is 17.5 Å². The largest absolute Gasteiger partial charge is 0.493 e. The quantitative estimate of drug-likeness (QED) is 0.166. The minimum atomic E-state index is -0.453. The van der Waals surface area contributed by atoms with Crippen LogP contribution in [0.15, 0.2) is 58.1 Å². The highest BCUT2D eigenvalue weighted by molar-refractivity contribution is 9.10. The molecule has 2 aromatic rings. The van der Waals surface area contributed by atoms with Crippen LogP contribution in [0.5, 0.6) is 11.5 Å². The predicted molar refractivity (Wildman–Crippen MR) is 132 cm³/mol. The van der Waals surface area contributed by atoms with E-state index in [1.807, 2.05) is 0 Å². The van der Waals surface area contributed by atoms with Gasteiger partial charge in [-0.25, -0.2) is 0 Å². The fourth-order valence-corrected chi connectivity index (χ4v) is 6.58. The number of imide groups is 1. The molecule has 1 saturated heterocycles. The molecule has 2 bridgehead atoms. The Hall–Kier alpha value is -3.53. The number of non-ortho nitro benzene ring substituents is 1. The molecule has 0 N–H and O–H groups in total. The first kappa shape index (κ1) is 22.9. The van der Waals surface area contributed by atoms with Crippen LogP contribution in [-0.4, -0.2) is 35.1 Å². The number of nitro groups is 1. The maximum absolute atomic E-state index is 13.1. The van der Waals surface area contributed by atoms with Crippen molar-refractivity contribution < 1.29 is 24.0 Å². The van der Waals surface area contributed by atoms with Crippen molar-refractivity contribution in [2.75, 3.05) is 7.11 Å². The van der Waals surface area contributed by atoms with Gasteiger partial charge in [0, 0.05) is 12.1 Å². The van der Waals surface area contributed by atoms with Crippen LogP contribution < -0.4 is 9.47 Å². The van der Waals surface area contributed by atoms with Crippen molar-refractivity contribution in [3.05, 3.63) is 74.3 Å². The lowest BCUT2D eigenvalue weighted by atomic mass is 9.63. The van der Waals surface area contributed by atoms with Gasteiger partial charge in [0.1, 0.15) is 6.61 Å². The van der Waals surface area contributed by atoms with E-state index >= 15 is 0 Å². The second-order valence-corrected chi connectivity index (χ2v) is 10.5. The van der Waals surface area contributed by atoms with Crippen LogP contribution in [-0.2, 0) is 16.2 Å². The van der Waals surface area contributed by atoms with Crippen molar-refractivity contribution in [3.8, 4) is 11.5 Å². The molecule has 1 aliphatic heterocycles. The molecular weight excluding hydrogens is 530 g/mol. The fraction of sp³-hybridized carbons (Fsp3) is 0.346. The minimum Gasteiger partial charge on any atom is -0.493 e. The third kappa shape index (κ3) is 3.62. The minimum absolute atomic E-state index is 0.0103. The van der Waals surface area contributed by atoms with E-state index in [1.165, 1.54) is 25.5 Å². The molecule has 5 aliphatic rings. The van der Waals surface area contributed by atoms with Gasteiger partial charge in [0.05, 0.1) is 34.6 Å². The zero-order chi connectivity index (χ0) is 25.1. The standard InChI is InChI=1S/C26H22BrN3O6/c1-35-21-9-14(8-20(27)24(21)36-12-13-2-4-15(5-3-13)30(33)34)11-28-29-25(31)22-16-6-7-17(19-10-18(16)19)23(22)26(29)32/h2-9,11,16-19,22-23H,10,12H2,1H3/b28-11-/t16-,17-,18-,19+,22-,23-/m1/s1. The van der Waals surface area contributed by atoms with Gasteiger partial charge in [0.15, 0.2) is 11.5 Å². The second-order valence-electron chi connectivity index (χ2n) is 9.63. The molecule has 9 nitrogen and oxygen atoms in total. The normalized spacial score (nSPS) is 29.4. The zero-order valence-electron chi connectivity index (χ0n) is 19.2. The number of carbonyl (C=O) groups is 2. The van der Waals surface area contributed by atoms with Crippen molar-refractivity contribution >= 4 is 39.6 Å². The highest BCUT2D eigenvalue weighted by Gasteiger charge is 2.67. The number of hydrazone groups is 1. The highest BCUT2D eigenvalue weighted by atomic mass is 79.9. The number of hydrogen-bond acceptors (Lipinski definition) is 7. The summed E-state index contributed by atoms with van der Waals surface area (Å²) in [6.45, 7) is 0.179. The molecule has 4 aliphatic carbocycles. The Labute approximate surface area is 215 Å². The summed E-state index contributed by atoms with van der Waals surface area (Å²) in [4.78, 5) is 36.6. The van der Waals surface area contributed by atoms with Gasteiger partial charge in [-0.2, -0.15) is 10.1 Å². The molecule has 1 heterocycles. The van der Waals surface area contributed by atoms with Gasteiger partial charge >= 0.3 is 0 Å².